The van der Waals surface area contributed by atoms with Crippen LogP contribution in [0.4, 0.5) is 10.6 Å². The third-order valence-corrected chi connectivity index (χ3v) is 3.46. The van der Waals surface area contributed by atoms with Gasteiger partial charge in [0.25, 0.3) is 0 Å². The Hall–Kier alpha value is -2.83. The minimum Gasteiger partial charge on any atom is -0.476 e. The van der Waals surface area contributed by atoms with E-state index in [-0.39, 0.29) is 18.1 Å². The van der Waals surface area contributed by atoms with Crippen molar-refractivity contribution >= 4 is 17.9 Å². The molecule has 0 radical (unpaired) electrons. The van der Waals surface area contributed by atoms with Gasteiger partial charge in [-0.2, -0.15) is 0 Å². The Morgan fingerprint density at radius 1 is 1.32 bits per heavy atom. The van der Waals surface area contributed by atoms with Crippen LogP contribution in [0.5, 0.6) is 0 Å². The molecule has 1 aliphatic rings. The van der Waals surface area contributed by atoms with Crippen molar-refractivity contribution in [1.82, 2.24) is 9.55 Å². The van der Waals surface area contributed by atoms with Gasteiger partial charge in [0.15, 0.2) is 11.5 Å². The number of hydrogen-bond acceptors (Lipinski definition) is 4. The molecule has 22 heavy (non-hydrogen) atoms. The van der Waals surface area contributed by atoms with E-state index in [1.807, 2.05) is 30.3 Å². The molecule has 2 heterocycles. The maximum atomic E-state index is 11.8. The molecule has 7 nitrogen and oxygen atoms in total. The summed E-state index contributed by atoms with van der Waals surface area (Å²) >= 11 is 0. The quantitative estimate of drug-likeness (QED) is 0.903. The van der Waals surface area contributed by atoms with E-state index in [0.29, 0.717) is 18.8 Å². The van der Waals surface area contributed by atoms with Gasteiger partial charge in [0, 0.05) is 13.0 Å². The van der Waals surface area contributed by atoms with Gasteiger partial charge < -0.3 is 14.4 Å². The van der Waals surface area contributed by atoms with Crippen molar-refractivity contribution in [3.05, 3.63) is 47.4 Å². The molecular formula is C15H15N3O4. The number of carboxylic acids is 1. The standard InChI is InChI=1S/C15H15N3O4/c19-14(20)12-13(16-11-7-4-8-18(11)12)17-15(21)22-9-10-5-2-1-3-6-10/h1-3,5-6H,4,7-9H2,(H,17,21)(H,19,20). The number of hydrogen-bond donors (Lipinski definition) is 2. The van der Waals surface area contributed by atoms with Crippen molar-refractivity contribution in [2.45, 2.75) is 26.0 Å². The predicted molar refractivity (Wildman–Crippen MR) is 77.8 cm³/mol. The van der Waals surface area contributed by atoms with Crippen molar-refractivity contribution < 1.29 is 19.4 Å². The van der Waals surface area contributed by atoms with Crippen LogP contribution in [0.15, 0.2) is 30.3 Å². The molecular weight excluding hydrogens is 286 g/mol. The first-order chi connectivity index (χ1) is 10.6. The number of aromatic carboxylic acids is 1. The van der Waals surface area contributed by atoms with Crippen molar-refractivity contribution in [1.29, 1.82) is 0 Å². The number of ether oxygens (including phenoxy) is 1. The van der Waals surface area contributed by atoms with E-state index < -0.39 is 12.1 Å². The van der Waals surface area contributed by atoms with E-state index in [1.54, 1.807) is 4.57 Å². The van der Waals surface area contributed by atoms with Crippen molar-refractivity contribution in [3.8, 4) is 0 Å². The summed E-state index contributed by atoms with van der Waals surface area (Å²) in [6.45, 7) is 0.716. The average molecular weight is 301 g/mol. The van der Waals surface area contributed by atoms with Crippen LogP contribution in [0.1, 0.15) is 28.3 Å². The van der Waals surface area contributed by atoms with Crippen LogP contribution in [0.3, 0.4) is 0 Å². The van der Waals surface area contributed by atoms with Gasteiger partial charge in [-0.1, -0.05) is 30.3 Å². The van der Waals surface area contributed by atoms with Crippen LogP contribution < -0.4 is 5.32 Å². The predicted octanol–water partition coefficient (Wildman–Crippen LogP) is 2.28. The third kappa shape index (κ3) is 2.78. The fraction of sp³-hybridized carbons (Fsp3) is 0.267. The minimum absolute atomic E-state index is 0.00385. The molecule has 0 atom stereocenters. The molecule has 2 aromatic rings. The van der Waals surface area contributed by atoms with Crippen LogP contribution in [-0.2, 0) is 24.3 Å². The third-order valence-electron chi connectivity index (χ3n) is 3.46. The molecule has 0 unspecified atom stereocenters. The smallest absolute Gasteiger partial charge is 0.413 e. The normalized spacial score (nSPS) is 12.7. The molecule has 1 aliphatic heterocycles. The van der Waals surface area contributed by atoms with Gasteiger partial charge in [-0.3, -0.25) is 5.32 Å². The second kappa shape index (κ2) is 5.88. The lowest BCUT2D eigenvalue weighted by atomic mass is 10.2. The molecule has 0 bridgehead atoms. The van der Waals surface area contributed by atoms with Crippen LogP contribution in [0.2, 0.25) is 0 Å². The van der Waals surface area contributed by atoms with E-state index >= 15 is 0 Å². The molecule has 1 aromatic heterocycles. The Balaban J connectivity index is 1.68. The van der Waals surface area contributed by atoms with Crippen LogP contribution in [0.25, 0.3) is 0 Å². The Morgan fingerprint density at radius 2 is 2.09 bits per heavy atom. The first-order valence-electron chi connectivity index (χ1n) is 6.95. The highest BCUT2D eigenvalue weighted by Crippen LogP contribution is 2.24. The minimum atomic E-state index is -1.11. The lowest BCUT2D eigenvalue weighted by molar-refractivity contribution is 0.0686. The maximum Gasteiger partial charge on any atom is 0.413 e. The van der Waals surface area contributed by atoms with Gasteiger partial charge in [0.05, 0.1) is 0 Å². The molecule has 0 aliphatic carbocycles. The van der Waals surface area contributed by atoms with E-state index in [1.165, 1.54) is 0 Å². The number of aromatic nitrogens is 2. The lowest BCUT2D eigenvalue weighted by Crippen LogP contribution is -2.17. The average Bonchev–Trinajstić information content (AvgIpc) is 3.06. The van der Waals surface area contributed by atoms with Gasteiger partial charge in [-0.25, -0.2) is 14.6 Å². The van der Waals surface area contributed by atoms with Crippen molar-refractivity contribution in [3.63, 3.8) is 0 Å². The Bertz CT molecular complexity index is 709. The van der Waals surface area contributed by atoms with E-state index in [4.69, 9.17) is 4.74 Å². The highest BCUT2D eigenvalue weighted by Gasteiger charge is 2.26. The SMILES string of the molecule is O=C(Nc1nc2n(c1C(=O)O)CCC2)OCc1ccccc1. The number of imidazole rings is 1. The number of carboxylic acid groups (broad SMARTS) is 1. The van der Waals surface area contributed by atoms with Gasteiger partial charge in [0.1, 0.15) is 12.4 Å². The first-order valence-corrected chi connectivity index (χ1v) is 6.95. The molecule has 0 spiro atoms. The van der Waals surface area contributed by atoms with Gasteiger partial charge >= 0.3 is 12.1 Å². The fourth-order valence-corrected chi connectivity index (χ4v) is 2.49. The van der Waals surface area contributed by atoms with Crippen LogP contribution >= 0.6 is 0 Å². The lowest BCUT2D eigenvalue weighted by Gasteiger charge is -2.07. The summed E-state index contributed by atoms with van der Waals surface area (Å²) in [5.74, 6) is -0.393. The van der Waals surface area contributed by atoms with Crippen molar-refractivity contribution in [2.75, 3.05) is 5.32 Å². The Morgan fingerprint density at radius 3 is 2.82 bits per heavy atom. The summed E-state index contributed by atoms with van der Waals surface area (Å²) in [7, 11) is 0. The van der Waals surface area contributed by atoms with E-state index in [0.717, 1.165) is 12.0 Å². The zero-order chi connectivity index (χ0) is 15.5. The van der Waals surface area contributed by atoms with Crippen LogP contribution in [-0.4, -0.2) is 26.7 Å². The van der Waals surface area contributed by atoms with E-state index in [9.17, 15) is 14.7 Å². The number of benzene rings is 1. The summed E-state index contributed by atoms with van der Waals surface area (Å²) in [6, 6.07) is 9.23. The molecule has 3 rings (SSSR count). The number of carbonyl (C=O) groups is 2. The molecule has 0 saturated heterocycles. The monoisotopic (exact) mass is 301 g/mol. The number of amides is 1. The molecule has 2 N–H and O–H groups in total. The van der Waals surface area contributed by atoms with E-state index in [2.05, 4.69) is 10.3 Å². The second-order valence-electron chi connectivity index (χ2n) is 4.97. The van der Waals surface area contributed by atoms with Gasteiger partial charge in [0.2, 0.25) is 0 Å². The molecule has 1 amide bonds. The number of nitrogens with zero attached hydrogens (tertiary/aromatic N) is 2. The maximum absolute atomic E-state index is 11.8. The number of anilines is 1. The van der Waals surface area contributed by atoms with Gasteiger partial charge in [-0.15, -0.1) is 0 Å². The Labute approximate surface area is 126 Å². The molecule has 1 aromatic carbocycles. The topological polar surface area (TPSA) is 93.5 Å². The number of nitrogens with one attached hydrogen (secondary N) is 1. The van der Waals surface area contributed by atoms with Crippen LogP contribution in [0, 0.1) is 0 Å². The number of aryl methyl sites for hydroxylation is 1. The highest BCUT2D eigenvalue weighted by molar-refractivity contribution is 5.96. The fourth-order valence-electron chi connectivity index (χ4n) is 2.49. The summed E-state index contributed by atoms with van der Waals surface area (Å²) in [4.78, 5) is 27.3. The Kier molecular flexibility index (Phi) is 3.78. The summed E-state index contributed by atoms with van der Waals surface area (Å²) in [6.07, 6.45) is 0.852. The highest BCUT2D eigenvalue weighted by atomic mass is 16.5. The number of fused-ring (bicyclic) bond motifs is 1. The van der Waals surface area contributed by atoms with Crippen molar-refractivity contribution in [2.24, 2.45) is 0 Å². The largest absolute Gasteiger partial charge is 0.476 e. The van der Waals surface area contributed by atoms with Gasteiger partial charge in [-0.05, 0) is 12.0 Å². The second-order valence-corrected chi connectivity index (χ2v) is 4.97. The number of carbonyl (C=O) groups excluding carboxylic acids is 1. The molecule has 114 valence electrons. The molecule has 7 heteroatoms. The summed E-state index contributed by atoms with van der Waals surface area (Å²) in [5, 5.41) is 11.7. The zero-order valence-corrected chi connectivity index (χ0v) is 11.8. The summed E-state index contributed by atoms with van der Waals surface area (Å²) in [5.41, 5.74) is 0.854. The molecule has 0 saturated carbocycles. The zero-order valence-electron chi connectivity index (χ0n) is 11.8. The summed E-state index contributed by atoms with van der Waals surface area (Å²) < 4.78 is 6.70. The first kappa shape index (κ1) is 14.1. The number of rotatable bonds is 4. The molecule has 0 fully saturated rings.